The summed E-state index contributed by atoms with van der Waals surface area (Å²) in [4.78, 5) is 14.8. The summed E-state index contributed by atoms with van der Waals surface area (Å²) in [6.45, 7) is 2.40. The van der Waals surface area contributed by atoms with Gasteiger partial charge in [-0.25, -0.2) is 0 Å². The van der Waals surface area contributed by atoms with E-state index in [2.05, 4.69) is 10.2 Å². The summed E-state index contributed by atoms with van der Waals surface area (Å²) in [7, 11) is 0. The van der Waals surface area contributed by atoms with E-state index >= 15 is 0 Å². The third kappa shape index (κ3) is 4.02. The molecule has 0 spiro atoms. The molecular weight excluding hydrogens is 350 g/mol. The van der Waals surface area contributed by atoms with Gasteiger partial charge in [-0.2, -0.15) is 5.10 Å². The maximum absolute atomic E-state index is 12.1. The number of benzene rings is 1. The molecule has 23 heavy (non-hydrogen) atoms. The average Bonchev–Trinajstić information content (AvgIpc) is 3.19. The van der Waals surface area contributed by atoms with Crippen molar-refractivity contribution >= 4 is 51.5 Å². The number of thioether (sulfide) groups is 1. The van der Waals surface area contributed by atoms with Crippen LogP contribution in [-0.2, 0) is 11.3 Å². The highest BCUT2D eigenvalue weighted by Crippen LogP contribution is 2.23. The molecule has 118 valence electrons. The summed E-state index contributed by atoms with van der Waals surface area (Å²) < 4.78 is 0. The molecule has 1 aliphatic rings. The molecule has 1 saturated heterocycles. The molecule has 3 rings (SSSR count). The first-order valence-corrected chi connectivity index (χ1v) is 9.21. The fourth-order valence-electron chi connectivity index (χ4n) is 2.05. The van der Waals surface area contributed by atoms with Crippen molar-refractivity contribution in [3.63, 3.8) is 0 Å². The van der Waals surface area contributed by atoms with Gasteiger partial charge in [0.25, 0.3) is 0 Å². The number of nitrogens with zero attached hydrogens (tertiary/aromatic N) is 3. The van der Waals surface area contributed by atoms with E-state index in [-0.39, 0.29) is 5.91 Å². The fourth-order valence-corrected chi connectivity index (χ4v) is 3.68. The highest BCUT2D eigenvalue weighted by Gasteiger charge is 2.28. The number of carbonyl (C=O) groups excluding carboxylic acids is 1. The Morgan fingerprint density at radius 1 is 1.30 bits per heavy atom. The number of hydrogen-bond donors (Lipinski definition) is 0. The largest absolute Gasteiger partial charge is 0.285 e. The van der Waals surface area contributed by atoms with Gasteiger partial charge in [0.1, 0.15) is 0 Å². The Hall–Kier alpha value is -1.63. The summed E-state index contributed by atoms with van der Waals surface area (Å²) in [5.74, 6) is 0.452. The molecule has 1 fully saturated rings. The summed E-state index contributed by atoms with van der Waals surface area (Å²) >= 11 is 8.93. The fraction of sp³-hybridized carbons (Fsp3) is 0.188. The lowest BCUT2D eigenvalue weighted by atomic mass is 10.2. The number of halogens is 1. The number of rotatable bonds is 4. The van der Waals surface area contributed by atoms with Gasteiger partial charge in [-0.05, 0) is 36.1 Å². The Bertz CT molecular complexity index is 754. The van der Waals surface area contributed by atoms with Gasteiger partial charge in [0.05, 0.1) is 22.9 Å². The van der Waals surface area contributed by atoms with Crippen molar-refractivity contribution in [1.82, 2.24) is 4.90 Å². The second-order valence-electron chi connectivity index (χ2n) is 4.94. The van der Waals surface area contributed by atoms with Crippen LogP contribution in [-0.4, -0.2) is 27.4 Å². The zero-order valence-corrected chi connectivity index (χ0v) is 14.8. The van der Waals surface area contributed by atoms with Crippen LogP contribution in [0.2, 0.25) is 5.02 Å². The second kappa shape index (κ2) is 7.29. The zero-order valence-electron chi connectivity index (χ0n) is 12.4. The van der Waals surface area contributed by atoms with E-state index in [9.17, 15) is 4.79 Å². The maximum Gasteiger partial charge on any atom is 0.239 e. The molecule has 1 aromatic heterocycles. The average molecular weight is 364 g/mol. The number of amides is 1. The van der Waals surface area contributed by atoms with Crippen molar-refractivity contribution < 1.29 is 4.79 Å². The van der Waals surface area contributed by atoms with Gasteiger partial charge in [-0.3, -0.25) is 9.69 Å². The Morgan fingerprint density at radius 2 is 2.09 bits per heavy atom. The second-order valence-corrected chi connectivity index (χ2v) is 7.27. The smallest absolute Gasteiger partial charge is 0.239 e. The summed E-state index contributed by atoms with van der Waals surface area (Å²) in [6.07, 6.45) is 0. The van der Waals surface area contributed by atoms with Crippen LogP contribution in [0.3, 0.4) is 0 Å². The molecule has 2 aromatic rings. The zero-order chi connectivity index (χ0) is 16.2. The van der Waals surface area contributed by atoms with Crippen LogP contribution in [0.5, 0.6) is 0 Å². The minimum absolute atomic E-state index is 0.0488. The van der Waals surface area contributed by atoms with Crippen LogP contribution in [0.4, 0.5) is 0 Å². The Kier molecular flexibility index (Phi) is 5.15. The standard InChI is InChI=1S/C16H14ClN3OS2/c1-11(14-3-2-8-22-14)18-19-16-20(15(21)10-23-16)9-12-4-6-13(17)7-5-12/h2-8H,9-10H2,1H3/b18-11-,19-16-. The Labute approximate surface area is 147 Å². The minimum Gasteiger partial charge on any atom is -0.285 e. The van der Waals surface area contributed by atoms with E-state index < -0.39 is 0 Å². The normalized spacial score (nSPS) is 17.3. The van der Waals surface area contributed by atoms with Crippen molar-refractivity contribution in [2.75, 3.05) is 5.75 Å². The van der Waals surface area contributed by atoms with Crippen LogP contribution < -0.4 is 0 Å². The first-order valence-electron chi connectivity index (χ1n) is 6.97. The lowest BCUT2D eigenvalue weighted by molar-refractivity contribution is -0.124. The first-order chi connectivity index (χ1) is 11.1. The topological polar surface area (TPSA) is 45.0 Å². The first kappa shape index (κ1) is 16.2. The third-order valence-electron chi connectivity index (χ3n) is 3.27. The number of carbonyl (C=O) groups is 1. The highest BCUT2D eigenvalue weighted by atomic mass is 35.5. The molecule has 0 N–H and O–H groups in total. The van der Waals surface area contributed by atoms with Gasteiger partial charge in [0.2, 0.25) is 5.91 Å². The van der Waals surface area contributed by atoms with Crippen LogP contribution in [0.1, 0.15) is 17.4 Å². The maximum atomic E-state index is 12.1. The van der Waals surface area contributed by atoms with Crippen molar-refractivity contribution in [3.05, 3.63) is 57.2 Å². The van der Waals surface area contributed by atoms with Crippen LogP contribution in [0.25, 0.3) is 0 Å². The predicted octanol–water partition coefficient (Wildman–Crippen LogP) is 4.26. The molecule has 1 amide bonds. The van der Waals surface area contributed by atoms with Crippen LogP contribution in [0.15, 0.2) is 52.0 Å². The highest BCUT2D eigenvalue weighted by molar-refractivity contribution is 8.15. The monoisotopic (exact) mass is 363 g/mol. The molecule has 0 unspecified atom stereocenters. The van der Waals surface area contributed by atoms with Gasteiger partial charge in [-0.15, -0.1) is 16.4 Å². The summed E-state index contributed by atoms with van der Waals surface area (Å²) in [5, 5.41) is 11.9. The SMILES string of the molecule is C/C(=N/N=C1\SCC(=O)N1Cc1ccc(Cl)cc1)c1cccs1. The molecule has 4 nitrogen and oxygen atoms in total. The lowest BCUT2D eigenvalue weighted by Gasteiger charge is -2.15. The van der Waals surface area contributed by atoms with E-state index in [1.54, 1.807) is 16.2 Å². The molecule has 2 heterocycles. The summed E-state index contributed by atoms with van der Waals surface area (Å²) in [5.41, 5.74) is 1.86. The molecule has 0 saturated carbocycles. The predicted molar refractivity (Wildman–Crippen MR) is 98.4 cm³/mol. The number of hydrogen-bond acceptors (Lipinski definition) is 5. The van der Waals surface area contributed by atoms with Gasteiger partial charge in [-0.1, -0.05) is 41.6 Å². The number of amidine groups is 1. The Morgan fingerprint density at radius 3 is 2.78 bits per heavy atom. The molecule has 0 aliphatic carbocycles. The molecular formula is C16H14ClN3OS2. The van der Waals surface area contributed by atoms with E-state index in [0.29, 0.717) is 22.5 Å². The molecule has 1 aliphatic heterocycles. The van der Waals surface area contributed by atoms with Crippen molar-refractivity contribution in [1.29, 1.82) is 0 Å². The quantitative estimate of drug-likeness (QED) is 0.602. The molecule has 7 heteroatoms. The van der Waals surface area contributed by atoms with Crippen LogP contribution in [0, 0.1) is 0 Å². The van der Waals surface area contributed by atoms with Gasteiger partial charge < -0.3 is 0 Å². The lowest BCUT2D eigenvalue weighted by Crippen LogP contribution is -2.28. The summed E-state index contributed by atoms with van der Waals surface area (Å²) in [6, 6.07) is 11.4. The minimum atomic E-state index is 0.0488. The van der Waals surface area contributed by atoms with E-state index in [4.69, 9.17) is 11.6 Å². The third-order valence-corrected chi connectivity index (χ3v) is 5.46. The van der Waals surface area contributed by atoms with Gasteiger partial charge >= 0.3 is 0 Å². The van der Waals surface area contributed by atoms with Gasteiger partial charge in [0.15, 0.2) is 5.17 Å². The van der Waals surface area contributed by atoms with Crippen molar-refractivity contribution in [3.8, 4) is 0 Å². The Balaban J connectivity index is 1.78. The molecule has 0 atom stereocenters. The van der Waals surface area contributed by atoms with Crippen molar-refractivity contribution in [2.45, 2.75) is 13.5 Å². The van der Waals surface area contributed by atoms with E-state index in [1.807, 2.05) is 48.7 Å². The molecule has 1 aromatic carbocycles. The number of thiophene rings is 1. The van der Waals surface area contributed by atoms with Crippen molar-refractivity contribution in [2.24, 2.45) is 10.2 Å². The van der Waals surface area contributed by atoms with E-state index in [1.165, 1.54) is 11.8 Å². The van der Waals surface area contributed by atoms with E-state index in [0.717, 1.165) is 16.2 Å². The molecule has 0 radical (unpaired) electrons. The van der Waals surface area contributed by atoms with Crippen LogP contribution >= 0.6 is 34.7 Å². The molecule has 0 bridgehead atoms. The van der Waals surface area contributed by atoms with Gasteiger partial charge in [0, 0.05) is 5.02 Å².